The zero-order chi connectivity index (χ0) is 17.6. The van der Waals surface area contributed by atoms with E-state index in [0.717, 1.165) is 23.1 Å². The summed E-state index contributed by atoms with van der Waals surface area (Å²) in [6.45, 7) is 1.31. The van der Waals surface area contributed by atoms with Crippen molar-refractivity contribution in [2.24, 2.45) is 5.92 Å². The highest BCUT2D eigenvalue weighted by molar-refractivity contribution is 7.99. The van der Waals surface area contributed by atoms with Gasteiger partial charge in [-0.25, -0.2) is 0 Å². The average molecular weight is 358 g/mol. The Morgan fingerprint density at radius 2 is 1.88 bits per heavy atom. The summed E-state index contributed by atoms with van der Waals surface area (Å²) in [7, 11) is 0. The molecule has 132 valence electrons. The number of pyridine rings is 1. The van der Waals surface area contributed by atoms with Crippen LogP contribution < -0.4 is 4.73 Å². The lowest BCUT2D eigenvalue weighted by Gasteiger charge is -2.34. The number of piperidine rings is 1. The lowest BCUT2D eigenvalue weighted by atomic mass is 9.87. The van der Waals surface area contributed by atoms with Crippen LogP contribution in [0.2, 0.25) is 0 Å². The van der Waals surface area contributed by atoms with Crippen LogP contribution in [0.3, 0.4) is 0 Å². The van der Waals surface area contributed by atoms with E-state index in [9.17, 15) is 15.1 Å². The number of amides is 1. The highest BCUT2D eigenvalue weighted by Crippen LogP contribution is 2.30. The van der Waals surface area contributed by atoms with Crippen LogP contribution in [0.4, 0.5) is 0 Å². The third-order valence-electron chi connectivity index (χ3n) is 4.61. The van der Waals surface area contributed by atoms with Crippen LogP contribution >= 0.6 is 11.8 Å². The standard InChI is InChI=1S/C19H22N2O3S/c22-17(14-25-18-8-4-5-11-21(18)24)20-12-9-16(10-13-20)19(23)15-6-2-1-3-7-15/h1-8,11,16,19,23H,9-10,12-14H2. The van der Waals surface area contributed by atoms with E-state index >= 15 is 0 Å². The van der Waals surface area contributed by atoms with Crippen molar-refractivity contribution in [1.29, 1.82) is 0 Å². The molecule has 3 rings (SSSR count). The van der Waals surface area contributed by atoms with Crippen molar-refractivity contribution in [3.05, 3.63) is 65.5 Å². The van der Waals surface area contributed by atoms with Gasteiger partial charge in [-0.05, 0) is 42.2 Å². The lowest BCUT2D eigenvalue weighted by Crippen LogP contribution is -2.41. The molecule has 0 bridgehead atoms. The van der Waals surface area contributed by atoms with Gasteiger partial charge >= 0.3 is 0 Å². The summed E-state index contributed by atoms with van der Waals surface area (Å²) in [5.74, 6) is 0.483. The Morgan fingerprint density at radius 3 is 2.56 bits per heavy atom. The molecule has 1 aromatic carbocycles. The minimum Gasteiger partial charge on any atom is -0.618 e. The number of thioether (sulfide) groups is 1. The first kappa shape index (κ1) is 17.8. The van der Waals surface area contributed by atoms with Gasteiger partial charge in [0.1, 0.15) is 0 Å². The summed E-state index contributed by atoms with van der Waals surface area (Å²) in [5, 5.41) is 22.6. The molecule has 6 heteroatoms. The van der Waals surface area contributed by atoms with Crippen molar-refractivity contribution in [3.8, 4) is 0 Å². The molecular formula is C19H22N2O3S. The molecule has 0 aliphatic carbocycles. The topological polar surface area (TPSA) is 67.5 Å². The number of benzene rings is 1. The van der Waals surface area contributed by atoms with Crippen molar-refractivity contribution < 1.29 is 14.6 Å². The number of likely N-dealkylation sites (tertiary alicyclic amines) is 1. The zero-order valence-corrected chi connectivity index (χ0v) is 14.8. The third-order valence-corrected chi connectivity index (χ3v) is 5.62. The van der Waals surface area contributed by atoms with E-state index in [1.165, 1.54) is 18.0 Å². The molecule has 1 aliphatic rings. The fourth-order valence-corrected chi connectivity index (χ4v) is 3.96. The summed E-state index contributed by atoms with van der Waals surface area (Å²) in [5.41, 5.74) is 0.937. The van der Waals surface area contributed by atoms with E-state index in [-0.39, 0.29) is 17.6 Å². The zero-order valence-electron chi connectivity index (χ0n) is 14.0. The summed E-state index contributed by atoms with van der Waals surface area (Å²) in [6.07, 6.45) is 2.54. The molecule has 0 radical (unpaired) electrons. The van der Waals surface area contributed by atoms with Gasteiger partial charge in [0.15, 0.2) is 6.20 Å². The number of rotatable bonds is 5. The van der Waals surface area contributed by atoms with Crippen molar-refractivity contribution in [2.45, 2.75) is 24.0 Å². The molecule has 1 aliphatic heterocycles. The molecule has 0 spiro atoms. The Kier molecular flexibility index (Phi) is 5.94. The van der Waals surface area contributed by atoms with Crippen LogP contribution in [-0.4, -0.2) is 34.8 Å². The van der Waals surface area contributed by atoms with Crippen LogP contribution in [0.25, 0.3) is 0 Å². The largest absolute Gasteiger partial charge is 0.618 e. The van der Waals surface area contributed by atoms with Crippen LogP contribution in [0, 0.1) is 11.1 Å². The first-order valence-corrected chi connectivity index (χ1v) is 9.45. The van der Waals surface area contributed by atoms with Gasteiger partial charge in [0, 0.05) is 25.2 Å². The molecule has 2 heterocycles. The molecule has 1 atom stereocenters. The number of nitrogens with zero attached hydrogens (tertiary/aromatic N) is 2. The first-order chi connectivity index (χ1) is 12.1. The second-order valence-electron chi connectivity index (χ2n) is 6.23. The fourth-order valence-electron chi connectivity index (χ4n) is 3.14. The van der Waals surface area contributed by atoms with Gasteiger partial charge in [-0.3, -0.25) is 4.79 Å². The summed E-state index contributed by atoms with van der Waals surface area (Å²) < 4.78 is 0.778. The number of aliphatic hydroxyl groups is 1. The first-order valence-electron chi connectivity index (χ1n) is 8.47. The lowest BCUT2D eigenvalue weighted by molar-refractivity contribution is -0.645. The van der Waals surface area contributed by atoms with Gasteiger partial charge in [0.25, 0.3) is 5.03 Å². The Labute approximate surface area is 151 Å². The average Bonchev–Trinajstić information content (AvgIpc) is 2.67. The molecule has 5 nitrogen and oxygen atoms in total. The smallest absolute Gasteiger partial charge is 0.251 e. The molecule has 25 heavy (non-hydrogen) atoms. The van der Waals surface area contributed by atoms with Gasteiger partial charge in [0.2, 0.25) is 5.91 Å². The van der Waals surface area contributed by atoms with E-state index in [1.54, 1.807) is 18.2 Å². The highest BCUT2D eigenvalue weighted by Gasteiger charge is 2.28. The fraction of sp³-hybridized carbons (Fsp3) is 0.368. The molecule has 1 unspecified atom stereocenters. The number of carbonyl (C=O) groups is 1. The summed E-state index contributed by atoms with van der Waals surface area (Å²) in [4.78, 5) is 14.2. The van der Waals surface area contributed by atoms with Crippen LogP contribution in [0.1, 0.15) is 24.5 Å². The Hall–Kier alpha value is -2.05. The summed E-state index contributed by atoms with van der Waals surface area (Å²) >= 11 is 1.26. The van der Waals surface area contributed by atoms with Gasteiger partial charge in [-0.1, -0.05) is 30.3 Å². The van der Waals surface area contributed by atoms with Gasteiger partial charge in [-0.15, -0.1) is 0 Å². The minimum atomic E-state index is -0.475. The Morgan fingerprint density at radius 1 is 1.20 bits per heavy atom. The van der Waals surface area contributed by atoms with Gasteiger partial charge in [0.05, 0.1) is 11.9 Å². The SMILES string of the molecule is O=C(CSc1cccc[n+]1[O-])N1CCC(C(O)c2ccccc2)CC1. The molecule has 1 aromatic heterocycles. The maximum absolute atomic E-state index is 12.4. The maximum Gasteiger partial charge on any atom is 0.251 e. The molecule has 1 amide bonds. The maximum atomic E-state index is 12.4. The van der Waals surface area contributed by atoms with Crippen LogP contribution in [-0.2, 0) is 4.79 Å². The van der Waals surface area contributed by atoms with Gasteiger partial charge < -0.3 is 15.2 Å². The number of aromatic nitrogens is 1. The second-order valence-corrected chi connectivity index (χ2v) is 7.22. The number of hydrogen-bond donors (Lipinski definition) is 1. The normalized spacial score (nSPS) is 16.6. The third kappa shape index (κ3) is 4.52. The number of carbonyl (C=O) groups excluding carboxylic acids is 1. The van der Waals surface area contributed by atoms with Crippen molar-refractivity contribution in [3.63, 3.8) is 0 Å². The minimum absolute atomic E-state index is 0.0431. The molecule has 2 aromatic rings. The van der Waals surface area contributed by atoms with Crippen molar-refractivity contribution in [2.75, 3.05) is 18.8 Å². The van der Waals surface area contributed by atoms with E-state index in [4.69, 9.17) is 0 Å². The Balaban J connectivity index is 1.48. The Bertz CT molecular complexity index is 703. The molecular weight excluding hydrogens is 336 g/mol. The van der Waals surface area contributed by atoms with Crippen molar-refractivity contribution in [1.82, 2.24) is 4.90 Å². The monoisotopic (exact) mass is 358 g/mol. The second kappa shape index (κ2) is 8.36. The van der Waals surface area contributed by atoms with E-state index in [2.05, 4.69) is 0 Å². The molecule has 1 saturated heterocycles. The van der Waals surface area contributed by atoms with Gasteiger partial charge in [-0.2, -0.15) is 4.73 Å². The summed E-state index contributed by atoms with van der Waals surface area (Å²) in [6, 6.07) is 14.9. The predicted molar refractivity (Wildman–Crippen MR) is 96.8 cm³/mol. The quantitative estimate of drug-likeness (QED) is 0.506. The number of hydrogen-bond acceptors (Lipinski definition) is 4. The van der Waals surface area contributed by atoms with E-state index in [1.807, 2.05) is 35.2 Å². The van der Waals surface area contributed by atoms with Crippen molar-refractivity contribution >= 4 is 17.7 Å². The molecule has 1 N–H and O–H groups in total. The van der Waals surface area contributed by atoms with E-state index in [0.29, 0.717) is 18.1 Å². The predicted octanol–water partition coefficient (Wildman–Crippen LogP) is 2.38. The van der Waals surface area contributed by atoms with E-state index < -0.39 is 6.10 Å². The molecule has 0 saturated carbocycles. The molecule has 1 fully saturated rings. The highest BCUT2D eigenvalue weighted by atomic mass is 32.2. The number of aliphatic hydroxyl groups excluding tert-OH is 1. The van der Waals surface area contributed by atoms with Crippen LogP contribution in [0.5, 0.6) is 0 Å². The van der Waals surface area contributed by atoms with Crippen LogP contribution in [0.15, 0.2) is 59.8 Å².